The number of carbonyl (C=O) groups excluding carboxylic acids is 4. The normalized spacial score (nSPS) is 25.6. The Balaban J connectivity index is 0.740. The number of nitriles is 1. The number of carbonyl (C=O) groups is 4. The molecule has 1 saturated carbocycles. The maximum absolute atomic E-state index is 13.4. The highest BCUT2D eigenvalue weighted by Gasteiger charge is 2.64. The molecule has 2 N–H and O–H groups in total. The third-order valence-corrected chi connectivity index (χ3v) is 13.8. The van der Waals surface area contributed by atoms with Crippen LogP contribution in [0.1, 0.15) is 110 Å². The van der Waals surface area contributed by atoms with E-state index in [0.717, 1.165) is 50.1 Å². The van der Waals surface area contributed by atoms with Gasteiger partial charge in [0.1, 0.15) is 24.0 Å². The van der Waals surface area contributed by atoms with Crippen molar-refractivity contribution < 1.29 is 23.9 Å². The Morgan fingerprint density at radius 2 is 1.69 bits per heavy atom. The SMILES string of the molecule is CC1(C)C(NC(=O)c2ccc(CCCCCCN3C[C@H]4C[C@@H]3CN4c3ccc4c(c3)CN([C@@H]3CCC(=O)NC3=O)C4=O)cc2)C(C)(C)C1Oc1ccc(C#N)c(Cl)c1. The summed E-state index contributed by atoms with van der Waals surface area (Å²) < 4.78 is 6.37. The molecule has 3 atom stereocenters. The summed E-state index contributed by atoms with van der Waals surface area (Å²) in [6, 6.07) is 21.6. The minimum Gasteiger partial charge on any atom is -0.489 e. The summed E-state index contributed by atoms with van der Waals surface area (Å²) >= 11 is 6.25. The number of likely N-dealkylation sites (tertiary alicyclic amines) is 1. The molecule has 1 aliphatic carbocycles. The predicted octanol–water partition coefficient (Wildman–Crippen LogP) is 6.65. The van der Waals surface area contributed by atoms with Crippen molar-refractivity contribution >= 4 is 40.9 Å². The van der Waals surface area contributed by atoms with Crippen LogP contribution in [0.3, 0.4) is 0 Å². The van der Waals surface area contributed by atoms with Gasteiger partial charge in [-0.2, -0.15) is 5.26 Å². The molecule has 12 heteroatoms. The van der Waals surface area contributed by atoms with Gasteiger partial charge in [-0.25, -0.2) is 0 Å². The van der Waals surface area contributed by atoms with Crippen LogP contribution in [-0.4, -0.2) is 83.3 Å². The summed E-state index contributed by atoms with van der Waals surface area (Å²) in [5, 5.41) is 15.2. The standard InChI is InChI=1S/C46H53ClN6O5/c1-45(2)43(46(3,4)44(45)58-35-16-14-30(24-48)37(47)23-35)50-40(55)29-12-10-28(11-13-29)9-7-5-6-8-20-51-26-34-22-33(51)27-52(34)32-15-17-36-31(21-32)25-53(42(36)57)38-18-19-39(54)49-41(38)56/h10-17,21,23,33-34,38,43-44H,5-9,18-20,22,25-27H2,1-4H3,(H,50,55)(H,49,54,56)/t33-,34-,38-,43?,44?/m1/s1. The first kappa shape index (κ1) is 39.9. The number of imide groups is 1. The Hall–Kier alpha value is -4.92. The number of hydrogen-bond donors (Lipinski definition) is 2. The maximum atomic E-state index is 13.4. The van der Waals surface area contributed by atoms with Gasteiger partial charge in [0.2, 0.25) is 11.8 Å². The number of piperazine rings is 1. The number of nitrogens with one attached hydrogen (secondary N) is 2. The molecule has 58 heavy (non-hydrogen) atoms. The Labute approximate surface area is 346 Å². The first-order chi connectivity index (χ1) is 27.7. The lowest BCUT2D eigenvalue weighted by Crippen LogP contribution is -2.74. The second-order valence-corrected chi connectivity index (χ2v) is 18.5. The van der Waals surface area contributed by atoms with E-state index in [0.29, 0.717) is 52.5 Å². The molecular formula is C46H53ClN6O5. The van der Waals surface area contributed by atoms with Crippen LogP contribution in [0.4, 0.5) is 5.69 Å². The lowest BCUT2D eigenvalue weighted by Gasteiger charge is -2.63. The van der Waals surface area contributed by atoms with Crippen LogP contribution < -0.4 is 20.3 Å². The fourth-order valence-electron chi connectivity index (χ4n) is 10.7. The third-order valence-electron chi connectivity index (χ3n) is 13.5. The van der Waals surface area contributed by atoms with E-state index >= 15 is 0 Å². The van der Waals surface area contributed by atoms with Crippen LogP contribution in [0.2, 0.25) is 5.02 Å². The molecule has 3 aromatic rings. The highest BCUT2D eigenvalue weighted by molar-refractivity contribution is 6.31. The van der Waals surface area contributed by atoms with Gasteiger partial charge in [0.15, 0.2) is 0 Å². The summed E-state index contributed by atoms with van der Waals surface area (Å²) in [4.78, 5) is 57.4. The number of hydrogen-bond acceptors (Lipinski definition) is 8. The van der Waals surface area contributed by atoms with E-state index < -0.39 is 6.04 Å². The second-order valence-electron chi connectivity index (χ2n) is 18.1. The molecule has 0 radical (unpaired) electrons. The molecule has 2 bridgehead atoms. The van der Waals surface area contributed by atoms with Gasteiger partial charge in [-0.3, -0.25) is 29.4 Å². The first-order valence-corrected chi connectivity index (χ1v) is 21.2. The van der Waals surface area contributed by atoms with E-state index in [1.54, 1.807) is 23.1 Å². The number of fused-ring (bicyclic) bond motifs is 3. The Morgan fingerprint density at radius 3 is 2.38 bits per heavy atom. The quantitative estimate of drug-likeness (QED) is 0.145. The van der Waals surface area contributed by atoms with Crippen LogP contribution in [-0.2, 0) is 22.6 Å². The number of halogens is 1. The summed E-state index contributed by atoms with van der Waals surface area (Å²) in [5.74, 6) is -0.254. The second kappa shape index (κ2) is 15.7. The van der Waals surface area contributed by atoms with E-state index in [1.807, 2.05) is 18.2 Å². The summed E-state index contributed by atoms with van der Waals surface area (Å²) in [7, 11) is 0. The third kappa shape index (κ3) is 7.46. The fraction of sp³-hybridized carbons (Fsp3) is 0.500. The number of aryl methyl sites for hydroxylation is 1. The topological polar surface area (TPSA) is 135 Å². The van der Waals surface area contributed by atoms with E-state index in [1.165, 1.54) is 24.8 Å². The van der Waals surface area contributed by atoms with Gasteiger partial charge >= 0.3 is 0 Å². The monoisotopic (exact) mass is 804 g/mol. The average Bonchev–Trinajstić information content (AvgIpc) is 3.90. The first-order valence-electron chi connectivity index (χ1n) is 20.8. The molecule has 4 fully saturated rings. The molecular weight excluding hydrogens is 752 g/mol. The zero-order valence-electron chi connectivity index (χ0n) is 33.9. The number of benzene rings is 3. The molecule has 4 amide bonds. The Kier molecular flexibility index (Phi) is 10.8. The lowest BCUT2D eigenvalue weighted by atomic mass is 9.49. The van der Waals surface area contributed by atoms with Crippen molar-refractivity contribution in [1.82, 2.24) is 20.4 Å². The van der Waals surface area contributed by atoms with E-state index in [4.69, 9.17) is 16.3 Å². The molecule has 5 aliphatic rings. The van der Waals surface area contributed by atoms with Gasteiger partial charge in [0.25, 0.3) is 11.8 Å². The molecule has 3 aromatic carbocycles. The van der Waals surface area contributed by atoms with Crippen molar-refractivity contribution in [3.05, 3.63) is 93.5 Å². The summed E-state index contributed by atoms with van der Waals surface area (Å²) in [6.07, 6.45) is 7.28. The van der Waals surface area contributed by atoms with Gasteiger partial charge in [-0.05, 0) is 92.2 Å². The Bertz CT molecular complexity index is 2150. The highest BCUT2D eigenvalue weighted by atomic mass is 35.5. The smallest absolute Gasteiger partial charge is 0.255 e. The highest BCUT2D eigenvalue weighted by Crippen LogP contribution is 2.55. The van der Waals surface area contributed by atoms with Gasteiger partial charge < -0.3 is 19.9 Å². The van der Waals surface area contributed by atoms with Crippen LogP contribution in [0.25, 0.3) is 0 Å². The zero-order chi connectivity index (χ0) is 40.9. The van der Waals surface area contributed by atoms with Crippen LogP contribution in [0.5, 0.6) is 5.75 Å². The van der Waals surface area contributed by atoms with Gasteiger partial charge in [-0.15, -0.1) is 0 Å². The number of nitrogens with zero attached hydrogens (tertiary/aromatic N) is 4. The number of rotatable bonds is 13. The van der Waals surface area contributed by atoms with E-state index in [-0.39, 0.29) is 53.0 Å². The van der Waals surface area contributed by atoms with Crippen LogP contribution in [0, 0.1) is 22.2 Å². The molecule has 0 unspecified atom stereocenters. The van der Waals surface area contributed by atoms with Gasteiger partial charge in [-0.1, -0.05) is 64.3 Å². The van der Waals surface area contributed by atoms with Crippen molar-refractivity contribution in [3.63, 3.8) is 0 Å². The molecule has 0 spiro atoms. The number of ether oxygens (including phenoxy) is 1. The van der Waals surface area contributed by atoms with Gasteiger partial charge in [0.05, 0.1) is 10.6 Å². The summed E-state index contributed by atoms with van der Waals surface area (Å²) in [6.45, 7) is 12.0. The van der Waals surface area contributed by atoms with Crippen molar-refractivity contribution in [1.29, 1.82) is 5.26 Å². The molecule has 304 valence electrons. The van der Waals surface area contributed by atoms with Gasteiger partial charge in [0, 0.05) is 77.9 Å². The molecule has 8 rings (SSSR count). The maximum Gasteiger partial charge on any atom is 0.255 e. The number of unbranched alkanes of at least 4 members (excludes halogenated alkanes) is 3. The largest absolute Gasteiger partial charge is 0.489 e. The summed E-state index contributed by atoms with van der Waals surface area (Å²) in [5.41, 5.74) is 4.42. The van der Waals surface area contributed by atoms with Crippen molar-refractivity contribution in [2.24, 2.45) is 10.8 Å². The van der Waals surface area contributed by atoms with Crippen molar-refractivity contribution in [3.8, 4) is 11.8 Å². The molecule has 0 aromatic heterocycles. The van der Waals surface area contributed by atoms with Crippen LogP contribution in [0.15, 0.2) is 60.7 Å². The zero-order valence-corrected chi connectivity index (χ0v) is 34.6. The average molecular weight is 805 g/mol. The molecule has 11 nitrogen and oxygen atoms in total. The van der Waals surface area contributed by atoms with E-state index in [9.17, 15) is 24.4 Å². The molecule has 3 saturated heterocycles. The number of anilines is 1. The van der Waals surface area contributed by atoms with Crippen LogP contribution >= 0.6 is 11.6 Å². The molecule has 4 heterocycles. The number of piperidine rings is 1. The Morgan fingerprint density at radius 1 is 0.931 bits per heavy atom. The lowest BCUT2D eigenvalue weighted by molar-refractivity contribution is -0.164. The fourth-order valence-corrected chi connectivity index (χ4v) is 10.9. The number of amides is 4. The van der Waals surface area contributed by atoms with E-state index in [2.05, 4.69) is 78.5 Å². The predicted molar refractivity (Wildman–Crippen MR) is 222 cm³/mol. The molecule has 4 aliphatic heterocycles. The van der Waals surface area contributed by atoms with Crippen molar-refractivity contribution in [2.45, 2.75) is 116 Å². The van der Waals surface area contributed by atoms with Crippen molar-refractivity contribution in [2.75, 3.05) is 24.5 Å². The minimum atomic E-state index is -0.593. The minimum absolute atomic E-state index is 0.0848.